The van der Waals surface area contributed by atoms with Crippen LogP contribution in [-0.4, -0.2) is 28.0 Å². The minimum absolute atomic E-state index is 0.360. The van der Waals surface area contributed by atoms with E-state index in [2.05, 4.69) is 36.0 Å². The molecule has 102 valence electrons. The predicted molar refractivity (Wildman–Crippen MR) is 77.5 cm³/mol. The van der Waals surface area contributed by atoms with E-state index < -0.39 is 0 Å². The third-order valence-electron chi connectivity index (χ3n) is 3.36. The Bertz CT molecular complexity index is 516. The van der Waals surface area contributed by atoms with Crippen molar-refractivity contribution >= 4 is 0 Å². The molecule has 1 atom stereocenters. The van der Waals surface area contributed by atoms with Crippen LogP contribution in [0.15, 0.2) is 42.7 Å². The minimum Gasteiger partial charge on any atom is -0.337 e. The van der Waals surface area contributed by atoms with Gasteiger partial charge in [0.05, 0.1) is 12.1 Å². The molecule has 0 saturated carbocycles. The highest BCUT2D eigenvalue weighted by atomic mass is 15.2. The molecule has 0 spiro atoms. The molecule has 0 aliphatic rings. The Labute approximate surface area is 114 Å². The molecule has 1 unspecified atom stereocenters. The van der Waals surface area contributed by atoms with Gasteiger partial charge in [0.1, 0.15) is 5.82 Å². The number of hydrogen-bond donors (Lipinski definition) is 1. The van der Waals surface area contributed by atoms with Crippen LogP contribution in [-0.2, 0) is 19.1 Å². The highest BCUT2D eigenvalue weighted by Crippen LogP contribution is 2.18. The summed E-state index contributed by atoms with van der Waals surface area (Å²) >= 11 is 0. The van der Waals surface area contributed by atoms with Gasteiger partial charge in [-0.3, -0.25) is 4.90 Å². The van der Waals surface area contributed by atoms with Crippen LogP contribution in [0, 0.1) is 0 Å². The molecule has 0 aliphatic carbocycles. The Hall–Kier alpha value is -1.65. The monoisotopic (exact) mass is 258 g/mol. The Balaban J connectivity index is 2.02. The molecule has 0 fully saturated rings. The first-order valence-electron chi connectivity index (χ1n) is 6.48. The number of likely N-dealkylation sites (N-methyl/N-ethyl adjacent to an activating group) is 1. The van der Waals surface area contributed by atoms with Gasteiger partial charge in [0, 0.05) is 26.0 Å². The highest BCUT2D eigenvalue weighted by molar-refractivity contribution is 5.23. The number of rotatable bonds is 5. The van der Waals surface area contributed by atoms with Crippen LogP contribution in [0.3, 0.4) is 0 Å². The fraction of sp³-hybridized carbons (Fsp3) is 0.400. The van der Waals surface area contributed by atoms with Gasteiger partial charge in [0.2, 0.25) is 0 Å². The minimum atomic E-state index is -0.360. The summed E-state index contributed by atoms with van der Waals surface area (Å²) in [6, 6.07) is 10.2. The van der Waals surface area contributed by atoms with Crippen molar-refractivity contribution in [2.45, 2.75) is 19.0 Å². The van der Waals surface area contributed by atoms with Gasteiger partial charge >= 0.3 is 0 Å². The topological polar surface area (TPSA) is 47.1 Å². The second-order valence-electron chi connectivity index (χ2n) is 5.41. The van der Waals surface area contributed by atoms with E-state index in [1.165, 1.54) is 0 Å². The van der Waals surface area contributed by atoms with E-state index in [9.17, 15) is 0 Å². The lowest BCUT2D eigenvalue weighted by molar-refractivity contribution is 0.246. The quantitative estimate of drug-likeness (QED) is 0.888. The van der Waals surface area contributed by atoms with Crippen molar-refractivity contribution in [2.75, 3.05) is 13.6 Å². The molecule has 1 aromatic carbocycles. The summed E-state index contributed by atoms with van der Waals surface area (Å²) in [5.41, 5.74) is 7.23. The summed E-state index contributed by atoms with van der Waals surface area (Å²) in [6.07, 6.45) is 3.78. The Kier molecular flexibility index (Phi) is 4.02. The molecule has 2 rings (SSSR count). The zero-order chi connectivity index (χ0) is 13.9. The number of imidazole rings is 1. The van der Waals surface area contributed by atoms with E-state index in [4.69, 9.17) is 5.73 Å². The maximum absolute atomic E-state index is 6.44. The van der Waals surface area contributed by atoms with Crippen LogP contribution >= 0.6 is 0 Å². The Morgan fingerprint density at radius 3 is 2.58 bits per heavy atom. The Morgan fingerprint density at radius 2 is 2.00 bits per heavy atom. The van der Waals surface area contributed by atoms with Crippen molar-refractivity contribution in [2.24, 2.45) is 12.8 Å². The summed E-state index contributed by atoms with van der Waals surface area (Å²) < 4.78 is 2.03. The molecule has 2 N–H and O–H groups in total. The van der Waals surface area contributed by atoms with Gasteiger partial charge in [-0.15, -0.1) is 0 Å². The Morgan fingerprint density at radius 1 is 1.32 bits per heavy atom. The largest absolute Gasteiger partial charge is 0.337 e. The van der Waals surface area contributed by atoms with Crippen LogP contribution in [0.2, 0.25) is 0 Å². The van der Waals surface area contributed by atoms with Crippen LogP contribution in [0.5, 0.6) is 0 Å². The molecule has 0 amide bonds. The predicted octanol–water partition coefficient (Wildman–Crippen LogP) is 1.73. The summed E-state index contributed by atoms with van der Waals surface area (Å²) in [5.74, 6) is 1.05. The molecular weight excluding hydrogens is 236 g/mol. The average molecular weight is 258 g/mol. The maximum Gasteiger partial charge on any atom is 0.122 e. The molecule has 1 aromatic heterocycles. The molecule has 0 saturated heterocycles. The average Bonchev–Trinajstić information content (AvgIpc) is 2.75. The molecule has 1 heterocycles. The third kappa shape index (κ3) is 3.43. The van der Waals surface area contributed by atoms with Gasteiger partial charge < -0.3 is 10.3 Å². The summed E-state index contributed by atoms with van der Waals surface area (Å²) in [5, 5.41) is 0. The van der Waals surface area contributed by atoms with Crippen molar-refractivity contribution in [3.8, 4) is 0 Å². The zero-order valence-electron chi connectivity index (χ0n) is 11.9. The number of aromatic nitrogens is 2. The second-order valence-corrected chi connectivity index (χ2v) is 5.41. The summed E-state index contributed by atoms with van der Waals surface area (Å²) in [6.45, 7) is 3.64. The number of benzene rings is 1. The SMILES string of the molecule is CN(Cc1nccn1C)CC(C)(N)c1ccccc1. The van der Waals surface area contributed by atoms with Gasteiger partial charge in [0.15, 0.2) is 0 Å². The van der Waals surface area contributed by atoms with Crippen LogP contribution < -0.4 is 5.73 Å². The van der Waals surface area contributed by atoms with Gasteiger partial charge in [-0.25, -0.2) is 4.98 Å². The van der Waals surface area contributed by atoms with Crippen LogP contribution in [0.4, 0.5) is 0 Å². The number of hydrogen-bond acceptors (Lipinski definition) is 3. The fourth-order valence-corrected chi connectivity index (χ4v) is 2.32. The first kappa shape index (κ1) is 13.8. The van der Waals surface area contributed by atoms with Crippen molar-refractivity contribution in [3.63, 3.8) is 0 Å². The standard InChI is InChI=1S/C15H22N4/c1-15(16,13-7-5-4-6-8-13)12-18(2)11-14-17-9-10-19(14)3/h4-10H,11-12,16H2,1-3H3. The zero-order valence-corrected chi connectivity index (χ0v) is 11.9. The van der Waals surface area contributed by atoms with Crippen LogP contribution in [0.25, 0.3) is 0 Å². The maximum atomic E-state index is 6.44. The van der Waals surface area contributed by atoms with E-state index in [1.54, 1.807) is 0 Å². The van der Waals surface area contributed by atoms with E-state index in [-0.39, 0.29) is 5.54 Å². The van der Waals surface area contributed by atoms with Gasteiger partial charge in [-0.1, -0.05) is 30.3 Å². The van der Waals surface area contributed by atoms with E-state index in [0.29, 0.717) is 0 Å². The summed E-state index contributed by atoms with van der Waals surface area (Å²) in [4.78, 5) is 6.54. The van der Waals surface area contributed by atoms with Crippen molar-refractivity contribution in [3.05, 3.63) is 54.1 Å². The van der Waals surface area contributed by atoms with Crippen molar-refractivity contribution in [1.82, 2.24) is 14.5 Å². The molecule has 2 aromatic rings. The first-order chi connectivity index (χ1) is 8.99. The van der Waals surface area contributed by atoms with Gasteiger partial charge in [-0.2, -0.15) is 0 Å². The van der Waals surface area contributed by atoms with Crippen molar-refractivity contribution in [1.29, 1.82) is 0 Å². The summed E-state index contributed by atoms with van der Waals surface area (Å²) in [7, 11) is 4.08. The molecule has 0 aliphatic heterocycles. The molecule has 19 heavy (non-hydrogen) atoms. The van der Waals surface area contributed by atoms with E-state index in [1.807, 2.05) is 42.2 Å². The lowest BCUT2D eigenvalue weighted by atomic mass is 9.93. The normalized spacial score (nSPS) is 14.6. The van der Waals surface area contributed by atoms with Gasteiger partial charge in [0.25, 0.3) is 0 Å². The van der Waals surface area contributed by atoms with Crippen LogP contribution in [0.1, 0.15) is 18.3 Å². The van der Waals surface area contributed by atoms with E-state index in [0.717, 1.165) is 24.5 Å². The lowest BCUT2D eigenvalue weighted by Gasteiger charge is -2.30. The molecule has 0 bridgehead atoms. The van der Waals surface area contributed by atoms with Gasteiger partial charge in [-0.05, 0) is 19.5 Å². The number of nitrogens with zero attached hydrogens (tertiary/aromatic N) is 3. The molecular formula is C15H22N4. The van der Waals surface area contributed by atoms with E-state index >= 15 is 0 Å². The smallest absolute Gasteiger partial charge is 0.122 e. The van der Waals surface area contributed by atoms with Crippen molar-refractivity contribution < 1.29 is 0 Å². The lowest BCUT2D eigenvalue weighted by Crippen LogP contribution is -2.44. The first-order valence-corrected chi connectivity index (χ1v) is 6.48. The fourth-order valence-electron chi connectivity index (χ4n) is 2.32. The number of aryl methyl sites for hydroxylation is 1. The number of nitrogens with two attached hydrogens (primary N) is 1. The molecule has 4 heteroatoms. The third-order valence-corrected chi connectivity index (χ3v) is 3.36. The molecule has 0 radical (unpaired) electrons. The highest BCUT2D eigenvalue weighted by Gasteiger charge is 2.23. The molecule has 4 nitrogen and oxygen atoms in total. The second kappa shape index (κ2) is 5.55.